The van der Waals surface area contributed by atoms with Gasteiger partial charge in [-0.25, -0.2) is 13.2 Å². The van der Waals surface area contributed by atoms with Crippen LogP contribution in [0.4, 0.5) is 18.3 Å². The van der Waals surface area contributed by atoms with Crippen molar-refractivity contribution >= 4 is 22.4 Å². The van der Waals surface area contributed by atoms with Crippen LogP contribution in [-0.4, -0.2) is 33.8 Å². The molecule has 1 aliphatic carbocycles. The number of halogens is 3. The fraction of sp³-hybridized carbons (Fsp3) is 0.263. The van der Waals surface area contributed by atoms with Gasteiger partial charge in [0.25, 0.3) is 0 Å². The van der Waals surface area contributed by atoms with Crippen molar-refractivity contribution in [2.45, 2.75) is 24.4 Å². The van der Waals surface area contributed by atoms with Gasteiger partial charge in [-0.15, -0.1) is 10.2 Å². The quantitative estimate of drug-likeness (QED) is 0.638. The van der Waals surface area contributed by atoms with Gasteiger partial charge in [-0.3, -0.25) is 9.78 Å². The number of nitrogens with two attached hydrogens (primary N) is 1. The van der Waals surface area contributed by atoms with Gasteiger partial charge in [0, 0.05) is 29.3 Å². The third kappa shape index (κ3) is 3.67. The molecule has 3 N–H and O–H groups in total. The number of amides is 1. The number of rotatable bonds is 6. The Labute approximate surface area is 168 Å². The Morgan fingerprint density at radius 3 is 2.72 bits per heavy atom. The van der Waals surface area contributed by atoms with Crippen molar-refractivity contribution in [3.8, 4) is 10.6 Å². The van der Waals surface area contributed by atoms with Gasteiger partial charge in [-0.2, -0.15) is 0 Å². The molecule has 1 fully saturated rings. The number of carbonyl (C=O) groups is 1. The van der Waals surface area contributed by atoms with Crippen LogP contribution < -0.4 is 11.1 Å². The Balaban J connectivity index is 1.55. The standard InChI is InChI=1S/C19H16F3N5OS/c20-11-7-19(8-11,15-14(22)2-1-5-24-15)9-25-18-27-26-17(29-18)12-6-10(16(23)28)3-4-13(12)21/h1-6,11H,7-9H2,(H2,23,28)(H,25,27)/t11-,19-. The molecule has 2 heterocycles. The molecule has 0 spiro atoms. The first-order valence-electron chi connectivity index (χ1n) is 8.80. The molecular formula is C19H16F3N5OS. The maximum atomic E-state index is 14.2. The van der Waals surface area contributed by atoms with E-state index in [1.807, 2.05) is 0 Å². The number of pyridine rings is 1. The molecule has 0 unspecified atom stereocenters. The maximum Gasteiger partial charge on any atom is 0.248 e. The van der Waals surface area contributed by atoms with E-state index in [1.165, 1.54) is 30.5 Å². The normalized spacial score (nSPS) is 20.9. The minimum atomic E-state index is -1.02. The number of nitrogens with zero attached hydrogens (tertiary/aromatic N) is 3. The molecule has 0 aliphatic heterocycles. The zero-order chi connectivity index (χ0) is 20.6. The molecule has 6 nitrogen and oxygen atoms in total. The molecule has 0 atom stereocenters. The Morgan fingerprint density at radius 2 is 2.03 bits per heavy atom. The van der Waals surface area contributed by atoms with Gasteiger partial charge in [0.2, 0.25) is 11.0 Å². The maximum absolute atomic E-state index is 14.2. The molecule has 3 aromatic rings. The molecule has 0 saturated heterocycles. The van der Waals surface area contributed by atoms with Gasteiger partial charge >= 0.3 is 0 Å². The van der Waals surface area contributed by atoms with E-state index in [0.717, 1.165) is 17.4 Å². The van der Waals surface area contributed by atoms with Crippen molar-refractivity contribution < 1.29 is 18.0 Å². The first kappa shape index (κ1) is 19.3. The summed E-state index contributed by atoms with van der Waals surface area (Å²) >= 11 is 1.06. The molecular weight excluding hydrogens is 403 g/mol. The molecule has 1 saturated carbocycles. The van der Waals surface area contributed by atoms with Crippen molar-refractivity contribution in [1.29, 1.82) is 0 Å². The molecule has 0 radical (unpaired) electrons. The van der Waals surface area contributed by atoms with E-state index in [-0.39, 0.29) is 41.2 Å². The summed E-state index contributed by atoms with van der Waals surface area (Å²) in [6.07, 6.45) is 0.751. The van der Waals surface area contributed by atoms with Crippen LogP contribution in [0.25, 0.3) is 10.6 Å². The highest BCUT2D eigenvalue weighted by Crippen LogP contribution is 2.45. The summed E-state index contributed by atoms with van der Waals surface area (Å²) in [4.78, 5) is 15.4. The van der Waals surface area contributed by atoms with Crippen LogP contribution >= 0.6 is 11.3 Å². The van der Waals surface area contributed by atoms with Crippen LogP contribution in [0, 0.1) is 11.6 Å². The van der Waals surface area contributed by atoms with Gasteiger partial charge < -0.3 is 11.1 Å². The van der Waals surface area contributed by atoms with Crippen molar-refractivity contribution in [1.82, 2.24) is 15.2 Å². The predicted octanol–water partition coefficient (Wildman–Crippen LogP) is 3.46. The monoisotopic (exact) mass is 419 g/mol. The Kier molecular flexibility index (Phi) is 4.95. The highest BCUT2D eigenvalue weighted by molar-refractivity contribution is 7.18. The lowest BCUT2D eigenvalue weighted by molar-refractivity contribution is 0.0964. The van der Waals surface area contributed by atoms with E-state index < -0.39 is 29.1 Å². The number of nitrogens with one attached hydrogen (secondary N) is 1. The lowest BCUT2D eigenvalue weighted by atomic mass is 9.65. The van der Waals surface area contributed by atoms with Crippen LogP contribution in [0.2, 0.25) is 0 Å². The lowest BCUT2D eigenvalue weighted by Gasteiger charge is -2.43. The predicted molar refractivity (Wildman–Crippen MR) is 102 cm³/mol. The summed E-state index contributed by atoms with van der Waals surface area (Å²) in [7, 11) is 0. The van der Waals surface area contributed by atoms with Crippen LogP contribution in [0.5, 0.6) is 0 Å². The van der Waals surface area contributed by atoms with Crippen LogP contribution in [0.3, 0.4) is 0 Å². The van der Waals surface area contributed by atoms with Crippen LogP contribution in [0.15, 0.2) is 36.5 Å². The van der Waals surface area contributed by atoms with E-state index >= 15 is 0 Å². The summed E-state index contributed by atoms with van der Waals surface area (Å²) in [5.74, 6) is -1.73. The van der Waals surface area contributed by atoms with Gasteiger partial charge in [0.15, 0.2) is 5.01 Å². The minimum Gasteiger partial charge on any atom is -0.366 e. The average Bonchev–Trinajstić information content (AvgIpc) is 3.14. The highest BCUT2D eigenvalue weighted by Gasteiger charge is 2.48. The number of alkyl halides is 1. The zero-order valence-electron chi connectivity index (χ0n) is 15.0. The number of hydrogen-bond donors (Lipinski definition) is 2. The Bertz CT molecular complexity index is 1070. The lowest BCUT2D eigenvalue weighted by Crippen LogP contribution is -2.48. The second kappa shape index (κ2) is 7.43. The van der Waals surface area contributed by atoms with Gasteiger partial charge in [-0.1, -0.05) is 11.3 Å². The fourth-order valence-electron chi connectivity index (χ4n) is 3.48. The number of anilines is 1. The number of aromatic nitrogens is 3. The molecule has 150 valence electrons. The van der Waals surface area contributed by atoms with E-state index in [9.17, 15) is 18.0 Å². The first-order chi connectivity index (χ1) is 13.9. The molecule has 10 heteroatoms. The second-order valence-electron chi connectivity index (χ2n) is 6.94. The molecule has 0 bridgehead atoms. The SMILES string of the molecule is NC(=O)c1ccc(F)c(-c2nnc(NC[C@]3(c4ncccc4F)C[C@H](F)C3)s2)c1. The smallest absolute Gasteiger partial charge is 0.248 e. The number of hydrogen-bond acceptors (Lipinski definition) is 6. The summed E-state index contributed by atoms with van der Waals surface area (Å²) in [6, 6.07) is 6.52. The summed E-state index contributed by atoms with van der Waals surface area (Å²) in [5, 5.41) is 11.6. The van der Waals surface area contributed by atoms with E-state index in [4.69, 9.17) is 5.73 Å². The van der Waals surface area contributed by atoms with E-state index in [1.54, 1.807) is 0 Å². The van der Waals surface area contributed by atoms with Gasteiger partial charge in [0.05, 0.1) is 5.69 Å². The summed E-state index contributed by atoms with van der Waals surface area (Å²) in [5.41, 5.74) is 4.92. The van der Waals surface area contributed by atoms with Crippen molar-refractivity contribution in [3.05, 3.63) is 59.4 Å². The van der Waals surface area contributed by atoms with Gasteiger partial charge in [-0.05, 0) is 43.2 Å². The molecule has 4 rings (SSSR count). The van der Waals surface area contributed by atoms with E-state index in [0.29, 0.717) is 5.13 Å². The van der Waals surface area contributed by atoms with Crippen LogP contribution in [-0.2, 0) is 5.41 Å². The molecule has 1 aliphatic rings. The zero-order valence-corrected chi connectivity index (χ0v) is 15.8. The Morgan fingerprint density at radius 1 is 1.24 bits per heavy atom. The fourth-order valence-corrected chi connectivity index (χ4v) is 4.23. The number of primary amides is 1. The topological polar surface area (TPSA) is 93.8 Å². The third-order valence-electron chi connectivity index (χ3n) is 4.97. The number of benzene rings is 1. The van der Waals surface area contributed by atoms with Crippen molar-refractivity contribution in [2.24, 2.45) is 5.73 Å². The van der Waals surface area contributed by atoms with Crippen molar-refractivity contribution in [2.75, 3.05) is 11.9 Å². The largest absolute Gasteiger partial charge is 0.366 e. The molecule has 1 amide bonds. The first-order valence-corrected chi connectivity index (χ1v) is 9.62. The average molecular weight is 419 g/mol. The van der Waals surface area contributed by atoms with Crippen molar-refractivity contribution in [3.63, 3.8) is 0 Å². The minimum absolute atomic E-state index is 0.102. The number of carbonyl (C=O) groups excluding carboxylic acids is 1. The van der Waals surface area contributed by atoms with Gasteiger partial charge in [0.1, 0.15) is 17.8 Å². The summed E-state index contributed by atoms with van der Waals surface area (Å²) in [6.45, 7) is 0.208. The Hall–Kier alpha value is -3.01. The molecule has 1 aromatic carbocycles. The van der Waals surface area contributed by atoms with E-state index in [2.05, 4.69) is 20.5 Å². The second-order valence-corrected chi connectivity index (χ2v) is 7.92. The highest BCUT2D eigenvalue weighted by atomic mass is 32.1. The van der Waals surface area contributed by atoms with Crippen LogP contribution in [0.1, 0.15) is 28.9 Å². The molecule has 29 heavy (non-hydrogen) atoms. The summed E-state index contributed by atoms with van der Waals surface area (Å²) < 4.78 is 42.0. The molecule has 2 aromatic heterocycles. The third-order valence-corrected chi connectivity index (χ3v) is 5.88.